The Morgan fingerprint density at radius 1 is 0.283 bits per heavy atom. The van der Waals surface area contributed by atoms with Gasteiger partial charge < -0.3 is 4.90 Å². The van der Waals surface area contributed by atoms with Crippen molar-refractivity contribution in [2.45, 2.75) is 0 Å². The molecular formula is C50H33N3. The number of para-hydroxylation sites is 2. The Bertz CT molecular complexity index is 2970. The van der Waals surface area contributed by atoms with Crippen LogP contribution in [0.4, 0.5) is 17.1 Å². The Labute approximate surface area is 307 Å². The maximum Gasteiger partial charge on any atom is 0.131 e. The fourth-order valence-electron chi connectivity index (χ4n) is 8.37. The maximum atomic E-state index is 2.46. The van der Waals surface area contributed by atoms with Gasteiger partial charge in [-0.15, -0.1) is 0 Å². The van der Waals surface area contributed by atoms with E-state index < -0.39 is 0 Å². The van der Waals surface area contributed by atoms with Gasteiger partial charge >= 0.3 is 0 Å². The summed E-state index contributed by atoms with van der Waals surface area (Å²) in [7, 11) is 0. The lowest BCUT2D eigenvalue weighted by atomic mass is 10.0. The first-order valence-corrected chi connectivity index (χ1v) is 18.2. The molecule has 11 rings (SSSR count). The molecule has 0 aliphatic heterocycles. The third kappa shape index (κ3) is 4.61. The number of anilines is 3. The highest BCUT2D eigenvalue weighted by Crippen LogP contribution is 2.42. The molecule has 0 spiro atoms. The van der Waals surface area contributed by atoms with Crippen LogP contribution in [0.5, 0.6) is 0 Å². The minimum atomic E-state index is 1.11. The number of benzene rings is 8. The van der Waals surface area contributed by atoms with E-state index in [1.165, 1.54) is 77.3 Å². The third-order valence-electron chi connectivity index (χ3n) is 10.9. The largest absolute Gasteiger partial charge is 0.311 e. The van der Waals surface area contributed by atoms with Crippen molar-refractivity contribution in [3.8, 4) is 33.4 Å². The minimum absolute atomic E-state index is 1.11. The molecule has 0 aliphatic rings. The van der Waals surface area contributed by atoms with E-state index in [4.69, 9.17) is 0 Å². The normalized spacial score (nSPS) is 11.8. The first-order valence-electron chi connectivity index (χ1n) is 18.2. The van der Waals surface area contributed by atoms with Crippen LogP contribution in [0.25, 0.3) is 77.3 Å². The van der Waals surface area contributed by atoms with Gasteiger partial charge in [0.05, 0.1) is 22.1 Å². The highest BCUT2D eigenvalue weighted by molar-refractivity contribution is 6.24. The van der Waals surface area contributed by atoms with Crippen molar-refractivity contribution < 1.29 is 0 Å². The van der Waals surface area contributed by atoms with Gasteiger partial charge in [-0.3, -0.25) is 8.80 Å². The van der Waals surface area contributed by atoms with E-state index in [0.717, 1.165) is 17.1 Å². The van der Waals surface area contributed by atoms with E-state index in [0.29, 0.717) is 0 Å². The summed E-state index contributed by atoms with van der Waals surface area (Å²) in [6, 6.07) is 72.4. The predicted molar refractivity (Wildman–Crippen MR) is 223 cm³/mol. The van der Waals surface area contributed by atoms with Crippen LogP contribution in [0.15, 0.2) is 200 Å². The zero-order valence-corrected chi connectivity index (χ0v) is 28.9. The zero-order chi connectivity index (χ0) is 34.9. The van der Waals surface area contributed by atoms with Crippen molar-refractivity contribution in [3.63, 3.8) is 0 Å². The fourth-order valence-corrected chi connectivity index (χ4v) is 8.37. The number of fused-ring (bicyclic) bond motifs is 9. The summed E-state index contributed by atoms with van der Waals surface area (Å²) in [4.78, 5) is 2.34. The number of hydrogen-bond acceptors (Lipinski definition) is 1. The highest BCUT2D eigenvalue weighted by Gasteiger charge is 2.22. The molecule has 11 aromatic rings. The van der Waals surface area contributed by atoms with Crippen LogP contribution in [0.1, 0.15) is 0 Å². The fraction of sp³-hybridized carbons (Fsp3) is 0. The molecule has 248 valence electrons. The lowest BCUT2D eigenvalue weighted by molar-refractivity contribution is 1.28. The number of imidazole rings is 1. The monoisotopic (exact) mass is 675 g/mol. The molecule has 3 aromatic heterocycles. The predicted octanol–water partition coefficient (Wildman–Crippen LogP) is 13.6. The van der Waals surface area contributed by atoms with Gasteiger partial charge in [0.2, 0.25) is 0 Å². The van der Waals surface area contributed by atoms with E-state index in [1.807, 2.05) is 0 Å². The zero-order valence-electron chi connectivity index (χ0n) is 28.9. The van der Waals surface area contributed by atoms with Crippen LogP contribution < -0.4 is 4.90 Å². The number of nitrogens with zero attached hydrogens (tertiary/aromatic N) is 3. The summed E-state index contributed by atoms with van der Waals surface area (Å²) < 4.78 is 4.90. The first-order chi connectivity index (χ1) is 26.3. The number of rotatable bonds is 6. The molecule has 0 fully saturated rings. The summed E-state index contributed by atoms with van der Waals surface area (Å²) in [6.45, 7) is 0. The van der Waals surface area contributed by atoms with Crippen LogP contribution in [0.2, 0.25) is 0 Å². The maximum absolute atomic E-state index is 2.46. The van der Waals surface area contributed by atoms with Crippen LogP contribution in [0, 0.1) is 0 Å². The Morgan fingerprint density at radius 3 is 1.15 bits per heavy atom. The van der Waals surface area contributed by atoms with E-state index in [9.17, 15) is 0 Å². The molecule has 0 atom stereocenters. The van der Waals surface area contributed by atoms with E-state index in [-0.39, 0.29) is 0 Å². The van der Waals surface area contributed by atoms with Gasteiger partial charge in [0.15, 0.2) is 0 Å². The van der Waals surface area contributed by atoms with Crippen molar-refractivity contribution in [2.75, 3.05) is 4.90 Å². The molecule has 3 heterocycles. The van der Waals surface area contributed by atoms with Crippen LogP contribution >= 0.6 is 0 Å². The van der Waals surface area contributed by atoms with Crippen molar-refractivity contribution in [1.29, 1.82) is 0 Å². The standard InChI is InChI=1S/C50H33N3/c1-3-11-34(12-4-1)36-19-26-40(27-20-36)51(41-28-21-37(22-29-41)35-13-5-2-6-14-35)42-30-23-38(24-31-42)39-25-32-47-48(33-39)53-46-18-10-8-16-44(46)49-43-15-7-9-17-45(43)52(47)50(49)53/h1-33H. The number of aromatic nitrogens is 2. The molecule has 0 N–H and O–H groups in total. The molecule has 8 aromatic carbocycles. The van der Waals surface area contributed by atoms with E-state index in [2.05, 4.69) is 214 Å². The molecule has 3 heteroatoms. The average molecular weight is 676 g/mol. The van der Waals surface area contributed by atoms with Gasteiger partial charge in [-0.2, -0.15) is 0 Å². The van der Waals surface area contributed by atoms with Gasteiger partial charge in [-0.05, 0) is 94.0 Å². The Balaban J connectivity index is 1.01. The second-order valence-corrected chi connectivity index (χ2v) is 13.8. The molecule has 0 bridgehead atoms. The Kier molecular flexibility index (Phi) is 6.55. The lowest BCUT2D eigenvalue weighted by Crippen LogP contribution is -2.09. The first kappa shape index (κ1) is 29.6. The number of hydrogen-bond donors (Lipinski definition) is 0. The molecule has 0 aliphatic carbocycles. The summed E-state index contributed by atoms with van der Waals surface area (Å²) in [5, 5.41) is 3.93. The molecule has 0 saturated heterocycles. The highest BCUT2D eigenvalue weighted by atomic mass is 15.1. The van der Waals surface area contributed by atoms with Crippen molar-refractivity contribution >= 4 is 60.9 Å². The van der Waals surface area contributed by atoms with Crippen LogP contribution in [-0.4, -0.2) is 8.80 Å². The van der Waals surface area contributed by atoms with Gasteiger partial charge in [0, 0.05) is 33.2 Å². The van der Waals surface area contributed by atoms with E-state index in [1.54, 1.807) is 0 Å². The third-order valence-corrected chi connectivity index (χ3v) is 10.9. The van der Waals surface area contributed by atoms with E-state index >= 15 is 0 Å². The average Bonchev–Trinajstić information content (AvgIpc) is 3.87. The SMILES string of the molecule is c1ccc(-c2ccc(N(c3ccc(-c4ccccc4)cc3)c3ccc(-c4ccc5c(c4)n4c6ccccc6c6c7ccccc7n5c64)cc3)cc2)cc1. The minimum Gasteiger partial charge on any atom is -0.311 e. The second kappa shape index (κ2) is 11.7. The quantitative estimate of drug-likeness (QED) is 0.171. The molecule has 0 amide bonds. The second-order valence-electron chi connectivity index (χ2n) is 13.8. The Hall–Kier alpha value is -7.10. The summed E-state index contributed by atoms with van der Waals surface area (Å²) in [6.07, 6.45) is 0. The lowest BCUT2D eigenvalue weighted by Gasteiger charge is -2.26. The van der Waals surface area contributed by atoms with Gasteiger partial charge in [0.25, 0.3) is 0 Å². The van der Waals surface area contributed by atoms with Crippen molar-refractivity contribution in [3.05, 3.63) is 200 Å². The molecule has 3 nitrogen and oxygen atoms in total. The Morgan fingerprint density at radius 2 is 0.660 bits per heavy atom. The van der Waals surface area contributed by atoms with Crippen LogP contribution in [-0.2, 0) is 0 Å². The van der Waals surface area contributed by atoms with Crippen LogP contribution in [0.3, 0.4) is 0 Å². The molecule has 0 radical (unpaired) electrons. The smallest absolute Gasteiger partial charge is 0.131 e. The van der Waals surface area contributed by atoms with Gasteiger partial charge in [-0.25, -0.2) is 0 Å². The van der Waals surface area contributed by atoms with Gasteiger partial charge in [-0.1, -0.05) is 140 Å². The summed E-state index contributed by atoms with van der Waals surface area (Å²) >= 11 is 0. The molecular weight excluding hydrogens is 643 g/mol. The molecule has 0 saturated carbocycles. The summed E-state index contributed by atoms with van der Waals surface area (Å²) in [5.41, 5.74) is 16.7. The van der Waals surface area contributed by atoms with Crippen molar-refractivity contribution in [2.24, 2.45) is 0 Å². The summed E-state index contributed by atoms with van der Waals surface area (Å²) in [5.74, 6) is 0. The van der Waals surface area contributed by atoms with Gasteiger partial charge in [0.1, 0.15) is 5.65 Å². The topological polar surface area (TPSA) is 12.1 Å². The molecule has 53 heavy (non-hydrogen) atoms. The van der Waals surface area contributed by atoms with Crippen molar-refractivity contribution in [1.82, 2.24) is 8.80 Å². The molecule has 0 unspecified atom stereocenters.